The number of methoxy groups -OCH3 is 2. The Kier molecular flexibility index (Phi) is 8.35. The van der Waals surface area contributed by atoms with Gasteiger partial charge in [0.1, 0.15) is 22.5 Å². The summed E-state index contributed by atoms with van der Waals surface area (Å²) in [6.07, 6.45) is 1.60. The van der Waals surface area contributed by atoms with Crippen molar-refractivity contribution in [2.45, 2.75) is 30.3 Å². The van der Waals surface area contributed by atoms with E-state index in [-0.39, 0.29) is 22.9 Å². The zero-order chi connectivity index (χ0) is 23.1. The van der Waals surface area contributed by atoms with Crippen molar-refractivity contribution in [3.63, 3.8) is 0 Å². The van der Waals surface area contributed by atoms with Crippen molar-refractivity contribution in [1.29, 1.82) is 0 Å². The molecule has 1 unspecified atom stereocenters. The monoisotopic (exact) mass is 484 g/mol. The number of amides is 1. The SMILES string of the molecule is COc1cccc(OC)c1OCC(O)CNC(=O)c1sccc1S(=O)(=O)N1CCCCC1. The van der Waals surface area contributed by atoms with Crippen molar-refractivity contribution in [2.75, 3.05) is 40.5 Å². The van der Waals surface area contributed by atoms with Gasteiger partial charge in [-0.2, -0.15) is 4.31 Å². The molecule has 1 aliphatic rings. The predicted molar refractivity (Wildman–Crippen MR) is 120 cm³/mol. The van der Waals surface area contributed by atoms with E-state index in [1.54, 1.807) is 23.6 Å². The molecule has 0 aliphatic carbocycles. The summed E-state index contributed by atoms with van der Waals surface area (Å²) >= 11 is 1.06. The first-order valence-corrected chi connectivity index (χ1v) is 12.6. The Bertz CT molecular complexity index is 995. The lowest BCUT2D eigenvalue weighted by Crippen LogP contribution is -2.38. The number of aliphatic hydroxyl groups is 1. The molecule has 1 saturated heterocycles. The zero-order valence-corrected chi connectivity index (χ0v) is 19.7. The maximum absolute atomic E-state index is 13.0. The van der Waals surface area contributed by atoms with Gasteiger partial charge in [0, 0.05) is 19.6 Å². The van der Waals surface area contributed by atoms with E-state index in [9.17, 15) is 18.3 Å². The fraction of sp³-hybridized carbons (Fsp3) is 0.476. The van der Waals surface area contributed by atoms with Crippen LogP contribution in [0.4, 0.5) is 0 Å². The second-order valence-corrected chi connectivity index (χ2v) is 10.1. The van der Waals surface area contributed by atoms with Crippen molar-refractivity contribution in [3.8, 4) is 17.2 Å². The average Bonchev–Trinajstić information content (AvgIpc) is 3.32. The van der Waals surface area contributed by atoms with Gasteiger partial charge in [0.15, 0.2) is 11.5 Å². The normalized spacial score (nSPS) is 15.7. The molecule has 1 fully saturated rings. The Morgan fingerprint density at radius 1 is 1.16 bits per heavy atom. The van der Waals surface area contributed by atoms with Gasteiger partial charge < -0.3 is 24.6 Å². The number of hydrogen-bond acceptors (Lipinski definition) is 8. The molecule has 2 heterocycles. The standard InChI is InChI=1S/C21H28N2O7S2/c1-28-16-7-6-8-17(29-2)19(16)30-14-15(24)13-22-21(25)20-18(9-12-31-20)32(26,27)23-10-4-3-5-11-23/h6-9,12,15,24H,3-5,10-11,13-14H2,1-2H3,(H,22,25). The van der Waals surface area contributed by atoms with Crippen molar-refractivity contribution >= 4 is 27.3 Å². The first-order valence-electron chi connectivity index (χ1n) is 10.3. The van der Waals surface area contributed by atoms with Gasteiger partial charge in [0.2, 0.25) is 15.8 Å². The van der Waals surface area contributed by atoms with Crippen LogP contribution in [0.2, 0.25) is 0 Å². The first-order chi connectivity index (χ1) is 15.4. The van der Waals surface area contributed by atoms with E-state index in [4.69, 9.17) is 14.2 Å². The highest BCUT2D eigenvalue weighted by atomic mass is 32.2. The Morgan fingerprint density at radius 2 is 1.81 bits per heavy atom. The van der Waals surface area contributed by atoms with E-state index in [2.05, 4.69) is 5.32 Å². The Morgan fingerprint density at radius 3 is 2.44 bits per heavy atom. The van der Waals surface area contributed by atoms with Crippen LogP contribution in [0.1, 0.15) is 28.9 Å². The molecule has 1 aliphatic heterocycles. The van der Waals surface area contributed by atoms with Crippen LogP contribution >= 0.6 is 11.3 Å². The summed E-state index contributed by atoms with van der Waals surface area (Å²) in [6.45, 7) is 0.682. The molecular weight excluding hydrogens is 456 g/mol. The number of hydrogen-bond donors (Lipinski definition) is 2. The Labute approximate surface area is 192 Å². The summed E-state index contributed by atoms with van der Waals surface area (Å²) in [5, 5.41) is 14.4. The molecule has 0 saturated carbocycles. The van der Waals surface area contributed by atoms with Gasteiger partial charge in [0.25, 0.3) is 5.91 Å². The topological polar surface area (TPSA) is 114 Å². The quantitative estimate of drug-likeness (QED) is 0.531. The van der Waals surface area contributed by atoms with Gasteiger partial charge in [-0.3, -0.25) is 4.79 Å². The highest BCUT2D eigenvalue weighted by molar-refractivity contribution is 7.89. The molecule has 0 radical (unpaired) electrons. The van der Waals surface area contributed by atoms with Crippen LogP contribution in [0.5, 0.6) is 17.2 Å². The molecule has 0 bridgehead atoms. The average molecular weight is 485 g/mol. The smallest absolute Gasteiger partial charge is 0.262 e. The van der Waals surface area contributed by atoms with Crippen LogP contribution < -0.4 is 19.5 Å². The van der Waals surface area contributed by atoms with Gasteiger partial charge in [-0.1, -0.05) is 12.5 Å². The zero-order valence-electron chi connectivity index (χ0n) is 18.1. The number of carbonyl (C=O) groups is 1. The third-order valence-corrected chi connectivity index (χ3v) is 8.05. The summed E-state index contributed by atoms with van der Waals surface area (Å²) in [5.74, 6) is 0.694. The lowest BCUT2D eigenvalue weighted by molar-refractivity contribution is 0.0834. The summed E-state index contributed by atoms with van der Waals surface area (Å²) in [4.78, 5) is 12.8. The third-order valence-electron chi connectivity index (χ3n) is 5.07. The molecule has 9 nitrogen and oxygen atoms in total. The first kappa shape index (κ1) is 24.3. The van der Waals surface area contributed by atoms with Crippen molar-refractivity contribution in [3.05, 3.63) is 34.5 Å². The number of nitrogens with one attached hydrogen (secondary N) is 1. The maximum atomic E-state index is 13.0. The number of sulfonamides is 1. The van der Waals surface area contributed by atoms with Crippen LogP contribution in [0.3, 0.4) is 0 Å². The predicted octanol–water partition coefficient (Wildman–Crippen LogP) is 2.11. The number of aliphatic hydroxyl groups excluding tert-OH is 1. The molecule has 32 heavy (non-hydrogen) atoms. The molecule has 2 N–H and O–H groups in total. The summed E-state index contributed by atoms with van der Waals surface area (Å²) in [6, 6.07) is 6.61. The minimum Gasteiger partial charge on any atom is -0.493 e. The number of nitrogens with zero attached hydrogens (tertiary/aromatic N) is 1. The third kappa shape index (κ3) is 5.52. The lowest BCUT2D eigenvalue weighted by atomic mass is 10.2. The van der Waals surface area contributed by atoms with Crippen LogP contribution in [0.25, 0.3) is 0 Å². The van der Waals surface area contributed by atoms with Crippen molar-refractivity contribution in [2.24, 2.45) is 0 Å². The van der Waals surface area contributed by atoms with E-state index in [1.807, 2.05) is 0 Å². The van der Waals surface area contributed by atoms with E-state index in [1.165, 1.54) is 24.6 Å². The Balaban J connectivity index is 1.60. The number of thiophene rings is 1. The molecule has 1 aromatic heterocycles. The van der Waals surface area contributed by atoms with Gasteiger partial charge in [-0.05, 0) is 36.4 Å². The Hall–Kier alpha value is -2.34. The molecule has 11 heteroatoms. The van der Waals surface area contributed by atoms with Gasteiger partial charge in [-0.25, -0.2) is 8.42 Å². The molecule has 1 aromatic carbocycles. The van der Waals surface area contributed by atoms with E-state index in [0.29, 0.717) is 30.3 Å². The molecular formula is C21H28N2O7S2. The van der Waals surface area contributed by atoms with Crippen molar-refractivity contribution < 1.29 is 32.5 Å². The van der Waals surface area contributed by atoms with Gasteiger partial charge in [0.05, 0.1) is 14.2 Å². The van der Waals surface area contributed by atoms with Crippen LogP contribution in [-0.4, -0.2) is 70.3 Å². The van der Waals surface area contributed by atoms with Crippen LogP contribution in [0, 0.1) is 0 Å². The number of piperidine rings is 1. The lowest BCUT2D eigenvalue weighted by Gasteiger charge is -2.25. The fourth-order valence-electron chi connectivity index (χ4n) is 3.40. The molecule has 2 aromatic rings. The maximum Gasteiger partial charge on any atom is 0.262 e. The fourth-order valence-corrected chi connectivity index (χ4v) is 6.23. The highest BCUT2D eigenvalue weighted by Gasteiger charge is 2.31. The molecule has 3 rings (SSSR count). The number of carbonyl (C=O) groups excluding carboxylic acids is 1. The minimum absolute atomic E-state index is 0.00592. The largest absolute Gasteiger partial charge is 0.493 e. The molecule has 1 atom stereocenters. The second-order valence-electron chi connectivity index (χ2n) is 7.25. The minimum atomic E-state index is -3.73. The van der Waals surface area contributed by atoms with Crippen LogP contribution in [0.15, 0.2) is 34.5 Å². The summed E-state index contributed by atoms with van der Waals surface area (Å²) in [7, 11) is -0.737. The molecule has 1 amide bonds. The number of ether oxygens (including phenoxy) is 3. The van der Waals surface area contributed by atoms with Gasteiger partial charge >= 0.3 is 0 Å². The van der Waals surface area contributed by atoms with Crippen molar-refractivity contribution in [1.82, 2.24) is 9.62 Å². The van der Waals surface area contributed by atoms with E-state index >= 15 is 0 Å². The molecule has 0 spiro atoms. The number of benzene rings is 1. The number of rotatable bonds is 10. The second kappa shape index (κ2) is 11.0. The van der Waals surface area contributed by atoms with E-state index in [0.717, 1.165) is 30.6 Å². The van der Waals surface area contributed by atoms with E-state index < -0.39 is 22.0 Å². The van der Waals surface area contributed by atoms with Crippen LogP contribution in [-0.2, 0) is 10.0 Å². The molecule has 176 valence electrons. The summed E-state index contributed by atoms with van der Waals surface area (Å²) in [5.41, 5.74) is 0. The highest BCUT2D eigenvalue weighted by Crippen LogP contribution is 2.36. The summed E-state index contributed by atoms with van der Waals surface area (Å²) < 4.78 is 43.5. The number of para-hydroxylation sites is 1. The van der Waals surface area contributed by atoms with Gasteiger partial charge in [-0.15, -0.1) is 11.3 Å².